The van der Waals surface area contributed by atoms with Crippen LogP contribution in [0.3, 0.4) is 0 Å². The Morgan fingerprint density at radius 3 is 2.38 bits per heavy atom. The fraction of sp³-hybridized carbons (Fsp3) is 0.263. The fourth-order valence-electron chi connectivity index (χ4n) is 2.30. The number of carbonyl (C=O) groups excluding carboxylic acids is 2. The van der Waals surface area contributed by atoms with Crippen LogP contribution in [0.5, 0.6) is 5.75 Å². The second-order valence-corrected chi connectivity index (χ2v) is 5.36. The molecule has 2 aromatic carbocycles. The molecule has 0 unspecified atom stereocenters. The summed E-state index contributed by atoms with van der Waals surface area (Å²) in [4.78, 5) is 23.9. The minimum absolute atomic E-state index is 0.200. The fourth-order valence-corrected chi connectivity index (χ4v) is 2.30. The summed E-state index contributed by atoms with van der Waals surface area (Å²) in [6, 6.07) is 15.0. The van der Waals surface area contributed by atoms with Crippen LogP contribution in [0.25, 0.3) is 0 Å². The Morgan fingerprint density at radius 1 is 1.00 bits per heavy atom. The van der Waals surface area contributed by atoms with Gasteiger partial charge >= 0.3 is 0 Å². The first kappa shape index (κ1) is 17.5. The van der Waals surface area contributed by atoms with Gasteiger partial charge in [0, 0.05) is 12.2 Å². The van der Waals surface area contributed by atoms with Gasteiger partial charge in [-0.1, -0.05) is 37.3 Å². The third-order valence-corrected chi connectivity index (χ3v) is 3.64. The summed E-state index contributed by atoms with van der Waals surface area (Å²) in [7, 11) is 1.60. The Labute approximate surface area is 142 Å². The lowest BCUT2D eigenvalue weighted by Gasteiger charge is -2.10. The minimum Gasteiger partial charge on any atom is -0.497 e. The molecule has 0 bridgehead atoms. The van der Waals surface area contributed by atoms with E-state index in [1.54, 1.807) is 7.11 Å². The molecule has 0 saturated carbocycles. The summed E-state index contributed by atoms with van der Waals surface area (Å²) in [6.45, 7) is 2.40. The van der Waals surface area contributed by atoms with E-state index in [9.17, 15) is 9.59 Å². The van der Waals surface area contributed by atoms with Crippen LogP contribution in [-0.4, -0.2) is 18.9 Å². The highest BCUT2D eigenvalue weighted by Crippen LogP contribution is 2.15. The standard InChI is InChI=1S/C19H22N2O3/c1-3-15-6-4-5-7-17(15)21-19(23)12-18(22)20-13-14-8-10-16(24-2)11-9-14/h4-11H,3,12-13H2,1-2H3,(H,20,22)(H,21,23). The zero-order chi connectivity index (χ0) is 17.4. The SMILES string of the molecule is CCc1ccccc1NC(=O)CC(=O)NCc1ccc(OC)cc1. The molecule has 2 amide bonds. The molecule has 0 atom stereocenters. The smallest absolute Gasteiger partial charge is 0.233 e. The van der Waals surface area contributed by atoms with Crippen molar-refractivity contribution in [3.05, 3.63) is 59.7 Å². The van der Waals surface area contributed by atoms with Gasteiger partial charge in [0.25, 0.3) is 0 Å². The highest BCUT2D eigenvalue weighted by Gasteiger charge is 2.11. The lowest BCUT2D eigenvalue weighted by molar-refractivity contribution is -0.126. The van der Waals surface area contributed by atoms with E-state index in [0.717, 1.165) is 29.0 Å². The zero-order valence-electron chi connectivity index (χ0n) is 14.0. The number of nitrogens with one attached hydrogen (secondary N) is 2. The van der Waals surface area contributed by atoms with Gasteiger partial charge in [-0.3, -0.25) is 9.59 Å². The Bertz CT molecular complexity index is 696. The molecule has 0 aliphatic heterocycles. The normalized spacial score (nSPS) is 10.1. The first-order valence-corrected chi connectivity index (χ1v) is 7.89. The molecule has 2 N–H and O–H groups in total. The molecule has 0 saturated heterocycles. The van der Waals surface area contributed by atoms with Crippen LogP contribution in [-0.2, 0) is 22.6 Å². The molecule has 5 nitrogen and oxygen atoms in total. The van der Waals surface area contributed by atoms with Crippen molar-refractivity contribution >= 4 is 17.5 Å². The van der Waals surface area contributed by atoms with Crippen molar-refractivity contribution in [3.63, 3.8) is 0 Å². The summed E-state index contributed by atoms with van der Waals surface area (Å²) in [5, 5.41) is 5.53. The van der Waals surface area contributed by atoms with E-state index in [4.69, 9.17) is 4.74 Å². The number of methoxy groups -OCH3 is 1. The van der Waals surface area contributed by atoms with Crippen LogP contribution in [0.1, 0.15) is 24.5 Å². The number of benzene rings is 2. The molecular formula is C19H22N2O3. The van der Waals surface area contributed by atoms with Crippen molar-refractivity contribution in [1.82, 2.24) is 5.32 Å². The Balaban J connectivity index is 1.81. The largest absolute Gasteiger partial charge is 0.497 e. The number of hydrogen-bond donors (Lipinski definition) is 2. The third kappa shape index (κ3) is 5.12. The number of hydrogen-bond acceptors (Lipinski definition) is 3. The number of ether oxygens (including phenoxy) is 1. The van der Waals surface area contributed by atoms with E-state index in [1.807, 2.05) is 55.5 Å². The molecule has 0 fully saturated rings. The number of para-hydroxylation sites is 1. The van der Waals surface area contributed by atoms with Crippen LogP contribution in [0, 0.1) is 0 Å². The molecule has 2 rings (SSSR count). The maximum atomic E-state index is 12.0. The highest BCUT2D eigenvalue weighted by atomic mass is 16.5. The highest BCUT2D eigenvalue weighted by molar-refractivity contribution is 6.03. The molecule has 0 aromatic heterocycles. The molecule has 2 aromatic rings. The average Bonchev–Trinajstić information content (AvgIpc) is 2.60. The Morgan fingerprint density at radius 2 is 1.71 bits per heavy atom. The predicted octanol–water partition coefficient (Wildman–Crippen LogP) is 2.90. The van der Waals surface area contributed by atoms with E-state index < -0.39 is 0 Å². The van der Waals surface area contributed by atoms with Crippen LogP contribution >= 0.6 is 0 Å². The van der Waals surface area contributed by atoms with Crippen molar-refractivity contribution in [3.8, 4) is 5.75 Å². The molecule has 0 radical (unpaired) electrons. The van der Waals surface area contributed by atoms with Crippen molar-refractivity contribution in [2.75, 3.05) is 12.4 Å². The maximum Gasteiger partial charge on any atom is 0.233 e. The lowest BCUT2D eigenvalue weighted by atomic mass is 10.1. The van der Waals surface area contributed by atoms with E-state index in [-0.39, 0.29) is 18.2 Å². The molecule has 24 heavy (non-hydrogen) atoms. The summed E-state index contributed by atoms with van der Waals surface area (Å²) in [5.74, 6) is 0.138. The molecule has 0 spiro atoms. The van der Waals surface area contributed by atoms with Crippen molar-refractivity contribution < 1.29 is 14.3 Å². The molecule has 5 heteroatoms. The predicted molar refractivity (Wildman–Crippen MR) is 93.9 cm³/mol. The second kappa shape index (κ2) is 8.72. The van der Waals surface area contributed by atoms with Crippen molar-refractivity contribution in [2.45, 2.75) is 26.3 Å². The minimum atomic E-state index is -0.317. The van der Waals surface area contributed by atoms with E-state index in [2.05, 4.69) is 10.6 Å². The molecule has 0 heterocycles. The Hall–Kier alpha value is -2.82. The van der Waals surface area contributed by atoms with Gasteiger partial charge in [0.05, 0.1) is 7.11 Å². The van der Waals surface area contributed by atoms with Gasteiger partial charge in [0.1, 0.15) is 12.2 Å². The summed E-state index contributed by atoms with van der Waals surface area (Å²) in [5.41, 5.74) is 2.75. The van der Waals surface area contributed by atoms with E-state index in [1.165, 1.54) is 0 Å². The van der Waals surface area contributed by atoms with Gasteiger partial charge in [0.2, 0.25) is 11.8 Å². The summed E-state index contributed by atoms with van der Waals surface area (Å²) >= 11 is 0. The number of carbonyl (C=O) groups is 2. The van der Waals surface area contributed by atoms with Gasteiger partial charge in [0.15, 0.2) is 0 Å². The van der Waals surface area contributed by atoms with Crippen LogP contribution in [0.15, 0.2) is 48.5 Å². The first-order valence-electron chi connectivity index (χ1n) is 7.89. The van der Waals surface area contributed by atoms with Gasteiger partial charge in [-0.25, -0.2) is 0 Å². The molecular weight excluding hydrogens is 304 g/mol. The topological polar surface area (TPSA) is 67.4 Å². The van der Waals surface area contributed by atoms with Gasteiger partial charge in [-0.2, -0.15) is 0 Å². The quantitative estimate of drug-likeness (QED) is 0.769. The molecule has 126 valence electrons. The van der Waals surface area contributed by atoms with Gasteiger partial charge in [-0.05, 0) is 35.7 Å². The summed E-state index contributed by atoms with van der Waals surface area (Å²) in [6.07, 6.45) is 0.619. The van der Waals surface area contributed by atoms with Crippen molar-refractivity contribution in [1.29, 1.82) is 0 Å². The van der Waals surface area contributed by atoms with Gasteiger partial charge in [-0.15, -0.1) is 0 Å². The van der Waals surface area contributed by atoms with E-state index >= 15 is 0 Å². The Kier molecular flexibility index (Phi) is 6.37. The summed E-state index contributed by atoms with van der Waals surface area (Å²) < 4.78 is 5.08. The van der Waals surface area contributed by atoms with Crippen LogP contribution in [0.4, 0.5) is 5.69 Å². The van der Waals surface area contributed by atoms with Crippen LogP contribution in [0.2, 0.25) is 0 Å². The maximum absolute atomic E-state index is 12.0. The number of rotatable bonds is 7. The first-order chi connectivity index (χ1) is 11.6. The second-order valence-electron chi connectivity index (χ2n) is 5.36. The van der Waals surface area contributed by atoms with Gasteiger partial charge < -0.3 is 15.4 Å². The molecule has 0 aliphatic carbocycles. The van der Waals surface area contributed by atoms with Crippen molar-refractivity contribution in [2.24, 2.45) is 0 Å². The number of aryl methyl sites for hydroxylation is 1. The van der Waals surface area contributed by atoms with Crippen LogP contribution < -0.4 is 15.4 Å². The average molecular weight is 326 g/mol. The monoisotopic (exact) mass is 326 g/mol. The third-order valence-electron chi connectivity index (χ3n) is 3.64. The van der Waals surface area contributed by atoms with E-state index in [0.29, 0.717) is 6.54 Å². The molecule has 0 aliphatic rings. The zero-order valence-corrected chi connectivity index (χ0v) is 14.0. The number of amides is 2. The number of anilines is 1. The lowest BCUT2D eigenvalue weighted by Crippen LogP contribution is -2.27.